The fourth-order valence-electron chi connectivity index (χ4n) is 0.957. The van der Waals surface area contributed by atoms with Crippen LogP contribution in [0.25, 0.3) is 0 Å². The molecule has 1 N–H and O–H groups in total. The number of hydrogen-bond donors (Lipinski definition) is 1. The number of aromatic nitrogens is 1. The summed E-state index contributed by atoms with van der Waals surface area (Å²) in [5.74, 6) is 0. The van der Waals surface area contributed by atoms with Crippen LogP contribution in [0.3, 0.4) is 0 Å². The molecule has 1 aromatic carbocycles. The van der Waals surface area contributed by atoms with Crippen molar-refractivity contribution in [3.05, 3.63) is 40.3 Å². The van der Waals surface area contributed by atoms with Crippen LogP contribution in [0.5, 0.6) is 0 Å². The summed E-state index contributed by atoms with van der Waals surface area (Å²) in [7, 11) is 0. The Morgan fingerprint density at radius 2 is 2.00 bits per heavy atom. The maximum absolute atomic E-state index is 4.23. The molecule has 0 fully saturated rings. The smallest absolute Gasteiger partial charge is 0.188 e. The molecule has 0 atom stereocenters. The van der Waals surface area contributed by atoms with Crippen molar-refractivity contribution in [2.45, 2.75) is 0 Å². The topological polar surface area (TPSA) is 24.9 Å². The molecule has 2 nitrogen and oxygen atoms in total. The number of anilines is 2. The Balaban J connectivity index is 2.15. The lowest BCUT2D eigenvalue weighted by Gasteiger charge is -1.99. The summed E-state index contributed by atoms with van der Waals surface area (Å²) in [6.45, 7) is 0. The number of benzene rings is 1. The van der Waals surface area contributed by atoms with Crippen molar-refractivity contribution in [3.8, 4) is 0 Å². The van der Waals surface area contributed by atoms with Crippen LogP contribution in [0, 0.1) is 0 Å². The summed E-state index contributed by atoms with van der Waals surface area (Å²) in [5.41, 5.74) is 1.06. The summed E-state index contributed by atoms with van der Waals surface area (Å²) in [5, 5.41) is 6.05. The minimum Gasteiger partial charge on any atom is -0.332 e. The van der Waals surface area contributed by atoms with Crippen molar-refractivity contribution in [3.63, 3.8) is 0 Å². The lowest BCUT2D eigenvalue weighted by molar-refractivity contribution is 1.35. The first kappa shape index (κ1) is 8.72. The molecule has 0 aliphatic carbocycles. The van der Waals surface area contributed by atoms with Crippen molar-refractivity contribution in [2.75, 3.05) is 5.32 Å². The SMILES string of the molecule is Brc1csc(Nc2ccccc2)n1. The minimum absolute atomic E-state index is 0.871. The second kappa shape index (κ2) is 3.89. The predicted octanol–water partition coefficient (Wildman–Crippen LogP) is 3.65. The van der Waals surface area contributed by atoms with Gasteiger partial charge >= 0.3 is 0 Å². The molecule has 0 unspecified atom stereocenters. The number of nitrogens with one attached hydrogen (secondary N) is 1. The predicted molar refractivity (Wildman–Crippen MR) is 59.5 cm³/mol. The van der Waals surface area contributed by atoms with E-state index in [0.29, 0.717) is 0 Å². The lowest BCUT2D eigenvalue weighted by atomic mass is 10.3. The van der Waals surface area contributed by atoms with Gasteiger partial charge in [-0.25, -0.2) is 4.98 Å². The van der Waals surface area contributed by atoms with Crippen LogP contribution in [0.1, 0.15) is 0 Å². The quantitative estimate of drug-likeness (QED) is 0.885. The third-order valence-electron chi connectivity index (χ3n) is 1.50. The van der Waals surface area contributed by atoms with Crippen LogP contribution in [-0.2, 0) is 0 Å². The first-order valence-corrected chi connectivity index (χ1v) is 5.45. The highest BCUT2D eigenvalue weighted by Crippen LogP contribution is 2.22. The van der Waals surface area contributed by atoms with Crippen LogP contribution in [-0.4, -0.2) is 4.98 Å². The molecule has 13 heavy (non-hydrogen) atoms. The third-order valence-corrected chi connectivity index (χ3v) is 2.97. The zero-order chi connectivity index (χ0) is 9.10. The molecular formula is C9H7BrN2S. The molecule has 2 rings (SSSR count). The maximum atomic E-state index is 4.23. The Morgan fingerprint density at radius 3 is 2.62 bits per heavy atom. The van der Waals surface area contributed by atoms with Crippen LogP contribution in [0.15, 0.2) is 40.3 Å². The summed E-state index contributed by atoms with van der Waals surface area (Å²) in [6, 6.07) is 9.99. The molecule has 66 valence electrons. The van der Waals surface area contributed by atoms with Crippen LogP contribution >= 0.6 is 27.3 Å². The molecular weight excluding hydrogens is 248 g/mol. The Kier molecular flexibility index (Phi) is 2.61. The Bertz CT molecular complexity index is 386. The maximum Gasteiger partial charge on any atom is 0.188 e. The zero-order valence-corrected chi connectivity index (χ0v) is 9.10. The van der Waals surface area contributed by atoms with E-state index in [1.807, 2.05) is 35.7 Å². The Labute approximate surface area is 88.8 Å². The summed E-state index contributed by atoms with van der Waals surface area (Å²) in [6.07, 6.45) is 0. The summed E-state index contributed by atoms with van der Waals surface area (Å²) < 4.78 is 0.871. The molecule has 0 saturated heterocycles. The second-order valence-corrected chi connectivity index (χ2v) is 4.14. The van der Waals surface area contributed by atoms with Gasteiger partial charge in [-0.2, -0.15) is 0 Å². The van der Waals surface area contributed by atoms with Gasteiger partial charge in [0, 0.05) is 11.1 Å². The van der Waals surface area contributed by atoms with E-state index in [0.717, 1.165) is 15.4 Å². The number of rotatable bonds is 2. The molecule has 0 bridgehead atoms. The van der Waals surface area contributed by atoms with E-state index in [1.165, 1.54) is 0 Å². The number of para-hydroxylation sites is 1. The molecule has 2 aromatic rings. The van der Waals surface area contributed by atoms with E-state index in [1.54, 1.807) is 11.3 Å². The highest BCUT2D eigenvalue weighted by molar-refractivity contribution is 9.10. The number of hydrogen-bond acceptors (Lipinski definition) is 3. The number of thiazole rings is 1. The molecule has 0 amide bonds. The zero-order valence-electron chi connectivity index (χ0n) is 6.70. The molecule has 1 heterocycles. The van der Waals surface area contributed by atoms with Crippen molar-refractivity contribution < 1.29 is 0 Å². The van der Waals surface area contributed by atoms with Gasteiger partial charge in [0.15, 0.2) is 5.13 Å². The second-order valence-electron chi connectivity index (χ2n) is 2.47. The van der Waals surface area contributed by atoms with Crippen molar-refractivity contribution in [2.24, 2.45) is 0 Å². The van der Waals surface area contributed by atoms with Gasteiger partial charge in [0.25, 0.3) is 0 Å². The first-order valence-electron chi connectivity index (χ1n) is 3.78. The third kappa shape index (κ3) is 2.29. The largest absolute Gasteiger partial charge is 0.332 e. The van der Waals surface area contributed by atoms with Crippen LogP contribution < -0.4 is 5.32 Å². The van der Waals surface area contributed by atoms with Crippen LogP contribution in [0.4, 0.5) is 10.8 Å². The normalized spacial score (nSPS) is 9.92. The highest BCUT2D eigenvalue weighted by atomic mass is 79.9. The van der Waals surface area contributed by atoms with Gasteiger partial charge < -0.3 is 5.32 Å². The molecule has 1 aromatic heterocycles. The van der Waals surface area contributed by atoms with Gasteiger partial charge in [0.2, 0.25) is 0 Å². The minimum atomic E-state index is 0.871. The molecule has 0 aliphatic rings. The highest BCUT2D eigenvalue weighted by Gasteiger charge is 1.98. The van der Waals surface area contributed by atoms with Gasteiger partial charge in [-0.3, -0.25) is 0 Å². The standard InChI is InChI=1S/C9H7BrN2S/c10-8-6-13-9(12-8)11-7-4-2-1-3-5-7/h1-6H,(H,11,12). The van der Waals surface area contributed by atoms with Gasteiger partial charge in [0.1, 0.15) is 4.60 Å². The molecule has 4 heteroatoms. The first-order chi connectivity index (χ1) is 6.34. The molecule has 0 spiro atoms. The summed E-state index contributed by atoms with van der Waals surface area (Å²) in [4.78, 5) is 4.23. The Hall–Kier alpha value is -0.870. The molecule has 0 aliphatic heterocycles. The molecule has 0 radical (unpaired) electrons. The average molecular weight is 255 g/mol. The van der Waals surface area contributed by atoms with Gasteiger partial charge in [-0.15, -0.1) is 11.3 Å². The fourth-order valence-corrected chi connectivity index (χ4v) is 2.12. The van der Waals surface area contributed by atoms with E-state index < -0.39 is 0 Å². The van der Waals surface area contributed by atoms with E-state index >= 15 is 0 Å². The van der Waals surface area contributed by atoms with E-state index in [4.69, 9.17) is 0 Å². The van der Waals surface area contributed by atoms with Gasteiger partial charge in [-0.1, -0.05) is 18.2 Å². The average Bonchev–Trinajstić information content (AvgIpc) is 2.53. The summed E-state index contributed by atoms with van der Waals surface area (Å²) >= 11 is 4.88. The number of nitrogens with zero attached hydrogens (tertiary/aromatic N) is 1. The van der Waals surface area contributed by atoms with Gasteiger partial charge in [-0.05, 0) is 28.1 Å². The Morgan fingerprint density at radius 1 is 1.23 bits per heavy atom. The monoisotopic (exact) mass is 254 g/mol. The van der Waals surface area contributed by atoms with E-state index in [9.17, 15) is 0 Å². The van der Waals surface area contributed by atoms with E-state index in [-0.39, 0.29) is 0 Å². The van der Waals surface area contributed by atoms with E-state index in [2.05, 4.69) is 26.2 Å². The van der Waals surface area contributed by atoms with Crippen molar-refractivity contribution in [1.29, 1.82) is 0 Å². The fraction of sp³-hybridized carbons (Fsp3) is 0. The van der Waals surface area contributed by atoms with Crippen LogP contribution in [0.2, 0.25) is 0 Å². The van der Waals surface area contributed by atoms with Crippen molar-refractivity contribution in [1.82, 2.24) is 4.98 Å². The lowest BCUT2D eigenvalue weighted by Crippen LogP contribution is -1.87. The molecule has 0 saturated carbocycles. The van der Waals surface area contributed by atoms with Gasteiger partial charge in [0.05, 0.1) is 0 Å². The number of halogens is 1. The van der Waals surface area contributed by atoms with Crippen molar-refractivity contribution >= 4 is 38.1 Å².